The van der Waals surface area contributed by atoms with Crippen LogP contribution in [0.3, 0.4) is 0 Å². The monoisotopic (exact) mass is 674 g/mol. The third-order valence-corrected chi connectivity index (χ3v) is 8.89. The first-order valence-corrected chi connectivity index (χ1v) is 16.2. The van der Waals surface area contributed by atoms with Crippen molar-refractivity contribution in [1.29, 1.82) is 0 Å². The largest absolute Gasteiger partial charge is 0.493 e. The van der Waals surface area contributed by atoms with Gasteiger partial charge in [0.25, 0.3) is 6.43 Å². The molecule has 49 heavy (non-hydrogen) atoms. The maximum Gasteiger partial charge on any atom is 0.272 e. The Morgan fingerprint density at radius 2 is 1.59 bits per heavy atom. The van der Waals surface area contributed by atoms with E-state index in [1.54, 1.807) is 20.3 Å². The molecule has 0 saturated carbocycles. The van der Waals surface area contributed by atoms with Crippen LogP contribution in [0.5, 0.6) is 34.5 Å². The number of rotatable bonds is 13. The number of halogens is 2. The number of fused-ring (bicyclic) bond motifs is 2. The average molecular weight is 675 g/mol. The lowest BCUT2D eigenvalue weighted by molar-refractivity contribution is -0.128. The predicted octanol–water partition coefficient (Wildman–Crippen LogP) is 6.67. The minimum absolute atomic E-state index is 0.167. The second-order valence-electron chi connectivity index (χ2n) is 11.9. The summed E-state index contributed by atoms with van der Waals surface area (Å²) >= 11 is 0. The molecular formula is C38H40F2N2O7. The fraction of sp³-hybridized carbons (Fsp3) is 0.342. The van der Waals surface area contributed by atoms with E-state index in [-0.39, 0.29) is 31.0 Å². The summed E-state index contributed by atoms with van der Waals surface area (Å²) in [6, 6.07) is 23.7. The number of alkyl halides is 2. The van der Waals surface area contributed by atoms with Gasteiger partial charge in [-0.2, -0.15) is 0 Å². The number of hydrogen-bond acceptors (Lipinski definition) is 8. The van der Waals surface area contributed by atoms with Gasteiger partial charge in [-0.05, 0) is 83.5 Å². The van der Waals surface area contributed by atoms with Crippen molar-refractivity contribution in [2.24, 2.45) is 0 Å². The van der Waals surface area contributed by atoms with Crippen molar-refractivity contribution < 1.29 is 42.0 Å². The highest BCUT2D eigenvalue weighted by atomic mass is 19.3. The molecule has 2 atom stereocenters. The number of benzene rings is 4. The molecule has 11 heteroatoms. The van der Waals surface area contributed by atoms with Crippen LogP contribution in [0.4, 0.5) is 8.78 Å². The van der Waals surface area contributed by atoms with Gasteiger partial charge in [-0.3, -0.25) is 9.69 Å². The highest BCUT2D eigenvalue weighted by Crippen LogP contribution is 2.43. The zero-order valence-corrected chi connectivity index (χ0v) is 27.7. The fourth-order valence-corrected chi connectivity index (χ4v) is 6.59. The predicted molar refractivity (Wildman–Crippen MR) is 179 cm³/mol. The van der Waals surface area contributed by atoms with Gasteiger partial charge in [0.1, 0.15) is 12.6 Å². The van der Waals surface area contributed by atoms with Crippen LogP contribution in [0.15, 0.2) is 78.9 Å². The van der Waals surface area contributed by atoms with Gasteiger partial charge in [0.2, 0.25) is 12.7 Å². The summed E-state index contributed by atoms with van der Waals surface area (Å²) in [6.45, 7) is 0.263. The van der Waals surface area contributed by atoms with Gasteiger partial charge >= 0.3 is 0 Å². The van der Waals surface area contributed by atoms with Gasteiger partial charge in [-0.1, -0.05) is 42.5 Å². The van der Waals surface area contributed by atoms with E-state index in [2.05, 4.69) is 10.2 Å². The van der Waals surface area contributed by atoms with E-state index in [0.717, 1.165) is 34.2 Å². The number of methoxy groups -OCH3 is 3. The summed E-state index contributed by atoms with van der Waals surface area (Å²) in [7, 11) is 4.67. The quantitative estimate of drug-likeness (QED) is 0.168. The second kappa shape index (κ2) is 15.5. The van der Waals surface area contributed by atoms with Crippen molar-refractivity contribution in [2.45, 2.75) is 44.3 Å². The van der Waals surface area contributed by atoms with Crippen LogP contribution in [0.2, 0.25) is 0 Å². The maximum absolute atomic E-state index is 14.4. The summed E-state index contributed by atoms with van der Waals surface area (Å²) in [5.74, 6) is 2.94. The standard InChI is InChI=1S/C38H40F2N2O7/c1-44-30-13-11-24(17-32(30)45-2)16-29-28-20-35(47-22-36(39)40)33(46-3)19-27(28)10-7-15-42(29)37(26-8-5-4-6-9-26)38(43)41-21-25-12-14-31-34(18-25)49-23-48-31/h4-6,8-9,11-14,17-20,29,36-37H,7,10,15-16,21-23H2,1-3H3,(H,41,43). The molecule has 2 aliphatic heterocycles. The van der Waals surface area contributed by atoms with Crippen LogP contribution in [0, 0.1) is 0 Å². The number of carbonyl (C=O) groups excluding carboxylic acids is 1. The Labute approximate surface area is 284 Å². The molecule has 2 unspecified atom stereocenters. The molecule has 1 amide bonds. The molecule has 0 bridgehead atoms. The van der Waals surface area contributed by atoms with Gasteiger partial charge in [0, 0.05) is 19.1 Å². The van der Waals surface area contributed by atoms with Crippen molar-refractivity contribution in [3.05, 3.63) is 107 Å². The van der Waals surface area contributed by atoms with Crippen molar-refractivity contribution in [3.8, 4) is 34.5 Å². The Morgan fingerprint density at radius 3 is 2.35 bits per heavy atom. The van der Waals surface area contributed by atoms with Crippen LogP contribution in [-0.4, -0.2) is 58.5 Å². The van der Waals surface area contributed by atoms with Crippen LogP contribution < -0.4 is 33.7 Å². The number of carbonyl (C=O) groups is 1. The minimum atomic E-state index is -2.65. The van der Waals surface area contributed by atoms with Gasteiger partial charge in [-0.25, -0.2) is 8.78 Å². The summed E-state index contributed by atoms with van der Waals surface area (Å²) in [5, 5.41) is 3.17. The molecule has 0 aromatic heterocycles. The smallest absolute Gasteiger partial charge is 0.272 e. The molecule has 258 valence electrons. The summed E-state index contributed by atoms with van der Waals surface area (Å²) < 4.78 is 59.9. The molecule has 0 aliphatic carbocycles. The molecule has 0 spiro atoms. The summed E-state index contributed by atoms with van der Waals surface area (Å²) in [5.41, 5.74) is 4.53. The SMILES string of the molecule is COc1ccc(CC2c3cc(OCC(F)F)c(OC)cc3CCCN2C(C(=O)NCc2ccc3c(c2)OCO3)c2ccccc2)cc1OC. The average Bonchev–Trinajstić information content (AvgIpc) is 3.53. The molecule has 0 saturated heterocycles. The van der Waals surface area contributed by atoms with E-state index in [4.69, 9.17) is 28.4 Å². The lowest BCUT2D eigenvalue weighted by Crippen LogP contribution is -2.43. The van der Waals surface area contributed by atoms with Gasteiger partial charge in [-0.15, -0.1) is 0 Å². The third kappa shape index (κ3) is 7.67. The first-order chi connectivity index (χ1) is 23.9. The van der Waals surface area contributed by atoms with Gasteiger partial charge < -0.3 is 33.7 Å². The molecule has 0 fully saturated rings. The van der Waals surface area contributed by atoms with Crippen molar-refractivity contribution in [3.63, 3.8) is 0 Å². The van der Waals surface area contributed by atoms with Crippen molar-refractivity contribution in [1.82, 2.24) is 10.2 Å². The van der Waals surface area contributed by atoms with Gasteiger partial charge in [0.15, 0.2) is 34.5 Å². The van der Waals surface area contributed by atoms with Crippen LogP contribution in [-0.2, 0) is 24.2 Å². The Kier molecular flexibility index (Phi) is 10.7. The fourth-order valence-electron chi connectivity index (χ4n) is 6.59. The summed E-state index contributed by atoms with van der Waals surface area (Å²) in [6.07, 6.45) is -0.736. The number of ether oxygens (including phenoxy) is 6. The molecule has 9 nitrogen and oxygen atoms in total. The second-order valence-corrected chi connectivity index (χ2v) is 11.9. The topological polar surface area (TPSA) is 87.7 Å². The summed E-state index contributed by atoms with van der Waals surface area (Å²) in [4.78, 5) is 16.6. The number of aryl methyl sites for hydroxylation is 1. The third-order valence-electron chi connectivity index (χ3n) is 8.89. The van der Waals surface area contributed by atoms with Crippen molar-refractivity contribution >= 4 is 5.91 Å². The number of amides is 1. The van der Waals surface area contributed by atoms with E-state index in [9.17, 15) is 13.6 Å². The molecule has 0 radical (unpaired) electrons. The minimum Gasteiger partial charge on any atom is -0.493 e. The number of nitrogens with one attached hydrogen (secondary N) is 1. The van der Waals surface area contributed by atoms with E-state index < -0.39 is 19.1 Å². The lowest BCUT2D eigenvalue weighted by atomic mass is 9.91. The van der Waals surface area contributed by atoms with E-state index in [1.807, 2.05) is 72.8 Å². The Bertz CT molecular complexity index is 1750. The molecular weight excluding hydrogens is 634 g/mol. The molecule has 1 N–H and O–H groups in total. The maximum atomic E-state index is 14.4. The van der Waals surface area contributed by atoms with Gasteiger partial charge in [0.05, 0.1) is 21.3 Å². The first-order valence-electron chi connectivity index (χ1n) is 16.2. The van der Waals surface area contributed by atoms with E-state index >= 15 is 0 Å². The molecule has 4 aromatic carbocycles. The van der Waals surface area contributed by atoms with E-state index in [0.29, 0.717) is 48.1 Å². The van der Waals surface area contributed by atoms with Crippen LogP contribution in [0.25, 0.3) is 0 Å². The highest BCUT2D eigenvalue weighted by molar-refractivity contribution is 5.83. The first kappa shape index (κ1) is 33.9. The molecule has 2 aliphatic rings. The van der Waals surface area contributed by atoms with Crippen LogP contribution in [0.1, 0.15) is 46.3 Å². The highest BCUT2D eigenvalue weighted by Gasteiger charge is 2.37. The zero-order chi connectivity index (χ0) is 34.3. The molecule has 6 rings (SSSR count). The van der Waals surface area contributed by atoms with Crippen LogP contribution >= 0.6 is 0 Å². The number of hydrogen-bond donors (Lipinski definition) is 1. The Morgan fingerprint density at radius 1 is 0.857 bits per heavy atom. The molecule has 4 aromatic rings. The number of nitrogens with zero attached hydrogens (tertiary/aromatic N) is 1. The Balaban J connectivity index is 1.42. The lowest BCUT2D eigenvalue weighted by Gasteiger charge is -2.37. The normalized spacial score (nSPS) is 16.0. The van der Waals surface area contributed by atoms with Crippen molar-refractivity contribution in [2.75, 3.05) is 41.3 Å². The van der Waals surface area contributed by atoms with E-state index in [1.165, 1.54) is 7.11 Å². The zero-order valence-electron chi connectivity index (χ0n) is 27.7. The molecule has 2 heterocycles. The Hall–Kier alpha value is -5.03.